The molecule has 1 aliphatic rings. The lowest BCUT2D eigenvalue weighted by atomic mass is 9.87. The van der Waals surface area contributed by atoms with Gasteiger partial charge < -0.3 is 0 Å². The second-order valence-electron chi connectivity index (χ2n) is 4.76. The summed E-state index contributed by atoms with van der Waals surface area (Å²) in [7, 11) is 0. The summed E-state index contributed by atoms with van der Waals surface area (Å²) < 4.78 is 0. The van der Waals surface area contributed by atoms with Crippen LogP contribution in [-0.2, 0) is 11.2 Å². The molecule has 0 radical (unpaired) electrons. The number of hydrogen-bond donors (Lipinski definition) is 0. The van der Waals surface area contributed by atoms with Gasteiger partial charge in [-0.15, -0.1) is 11.3 Å². The number of Topliss-reactive ketones (excluding diaryl/α,β-unsaturated/α-hetero) is 1. The first kappa shape index (κ1) is 11.8. The van der Waals surface area contributed by atoms with Gasteiger partial charge in [0.25, 0.3) is 0 Å². The van der Waals surface area contributed by atoms with Crippen molar-refractivity contribution < 1.29 is 4.79 Å². The third kappa shape index (κ3) is 3.44. The van der Waals surface area contributed by atoms with Gasteiger partial charge in [0.2, 0.25) is 0 Å². The second kappa shape index (κ2) is 6.19. The number of carbonyl (C=O) groups is 1. The predicted octanol–water partition coefficient (Wildman–Crippen LogP) is 4.22. The molecule has 0 atom stereocenters. The van der Waals surface area contributed by atoms with Crippen molar-refractivity contribution in [2.45, 2.75) is 51.4 Å². The SMILES string of the molecule is O=C(Cc1cccs1)C1CCCCCCC1. The average molecular weight is 236 g/mol. The Hall–Kier alpha value is -0.630. The van der Waals surface area contributed by atoms with Crippen molar-refractivity contribution in [1.29, 1.82) is 0 Å². The van der Waals surface area contributed by atoms with Gasteiger partial charge in [-0.1, -0.05) is 38.2 Å². The van der Waals surface area contributed by atoms with E-state index in [4.69, 9.17) is 0 Å². The van der Waals surface area contributed by atoms with E-state index in [1.54, 1.807) is 11.3 Å². The molecule has 0 bridgehead atoms. The molecule has 1 heterocycles. The van der Waals surface area contributed by atoms with Crippen LogP contribution < -0.4 is 0 Å². The Morgan fingerprint density at radius 3 is 2.50 bits per heavy atom. The van der Waals surface area contributed by atoms with Gasteiger partial charge in [-0.05, 0) is 24.3 Å². The van der Waals surface area contributed by atoms with Crippen LogP contribution in [0, 0.1) is 5.92 Å². The molecule has 0 saturated heterocycles. The minimum absolute atomic E-state index is 0.349. The molecule has 0 aliphatic heterocycles. The van der Waals surface area contributed by atoms with Crippen molar-refractivity contribution in [3.63, 3.8) is 0 Å². The Morgan fingerprint density at radius 2 is 1.88 bits per heavy atom. The summed E-state index contributed by atoms with van der Waals surface area (Å²) in [4.78, 5) is 13.4. The van der Waals surface area contributed by atoms with Crippen LogP contribution in [0.25, 0.3) is 0 Å². The lowest BCUT2D eigenvalue weighted by Crippen LogP contribution is -2.17. The van der Waals surface area contributed by atoms with E-state index in [0.717, 1.165) is 12.8 Å². The van der Waals surface area contributed by atoms with Crippen molar-refractivity contribution >= 4 is 17.1 Å². The van der Waals surface area contributed by atoms with Crippen LogP contribution in [0.4, 0.5) is 0 Å². The van der Waals surface area contributed by atoms with Gasteiger partial charge in [0.1, 0.15) is 5.78 Å². The molecular formula is C14H20OS. The molecule has 0 amide bonds. The highest BCUT2D eigenvalue weighted by molar-refractivity contribution is 7.10. The lowest BCUT2D eigenvalue weighted by molar-refractivity contribution is -0.122. The lowest BCUT2D eigenvalue weighted by Gasteiger charge is -2.18. The van der Waals surface area contributed by atoms with E-state index in [0.29, 0.717) is 18.1 Å². The first-order chi connectivity index (χ1) is 7.86. The van der Waals surface area contributed by atoms with Crippen LogP contribution in [0.15, 0.2) is 17.5 Å². The molecule has 1 aromatic rings. The summed E-state index contributed by atoms with van der Waals surface area (Å²) in [5, 5.41) is 2.06. The first-order valence-electron chi connectivity index (χ1n) is 6.41. The topological polar surface area (TPSA) is 17.1 Å². The highest BCUT2D eigenvalue weighted by Crippen LogP contribution is 2.24. The maximum atomic E-state index is 12.1. The molecule has 2 heteroatoms. The van der Waals surface area contributed by atoms with Gasteiger partial charge in [0.15, 0.2) is 0 Å². The molecule has 1 nitrogen and oxygen atoms in total. The first-order valence-corrected chi connectivity index (χ1v) is 7.29. The van der Waals surface area contributed by atoms with Crippen molar-refractivity contribution in [3.05, 3.63) is 22.4 Å². The van der Waals surface area contributed by atoms with Crippen molar-refractivity contribution in [2.75, 3.05) is 0 Å². The van der Waals surface area contributed by atoms with Gasteiger partial charge in [-0.25, -0.2) is 0 Å². The largest absolute Gasteiger partial charge is 0.299 e. The normalized spacial score (nSPS) is 19.0. The van der Waals surface area contributed by atoms with Crippen LogP contribution in [0.1, 0.15) is 49.8 Å². The minimum Gasteiger partial charge on any atom is -0.299 e. The number of carbonyl (C=O) groups excluding carboxylic acids is 1. The van der Waals surface area contributed by atoms with Gasteiger partial charge in [0, 0.05) is 17.2 Å². The van der Waals surface area contributed by atoms with E-state index < -0.39 is 0 Å². The third-order valence-electron chi connectivity index (χ3n) is 3.49. The van der Waals surface area contributed by atoms with Gasteiger partial charge in [0.05, 0.1) is 0 Å². The summed E-state index contributed by atoms with van der Waals surface area (Å²) in [5.41, 5.74) is 0. The predicted molar refractivity (Wildman–Crippen MR) is 68.8 cm³/mol. The number of hydrogen-bond acceptors (Lipinski definition) is 2. The average Bonchev–Trinajstić information content (AvgIpc) is 2.69. The van der Waals surface area contributed by atoms with Crippen molar-refractivity contribution in [1.82, 2.24) is 0 Å². The van der Waals surface area contributed by atoms with E-state index in [1.807, 2.05) is 6.07 Å². The highest BCUT2D eigenvalue weighted by atomic mass is 32.1. The summed E-state index contributed by atoms with van der Waals surface area (Å²) in [6.45, 7) is 0. The zero-order chi connectivity index (χ0) is 11.2. The summed E-state index contributed by atoms with van der Waals surface area (Å²) in [6, 6.07) is 4.11. The smallest absolute Gasteiger partial charge is 0.141 e. The van der Waals surface area contributed by atoms with Crippen LogP contribution in [0.2, 0.25) is 0 Å². The zero-order valence-electron chi connectivity index (χ0n) is 9.78. The molecule has 1 aromatic heterocycles. The van der Waals surface area contributed by atoms with Crippen LogP contribution in [0.5, 0.6) is 0 Å². The fraction of sp³-hybridized carbons (Fsp3) is 0.643. The molecule has 1 fully saturated rings. The Labute approximate surface area is 102 Å². The fourth-order valence-electron chi connectivity index (χ4n) is 2.51. The van der Waals surface area contributed by atoms with Crippen molar-refractivity contribution in [2.24, 2.45) is 5.92 Å². The van der Waals surface area contributed by atoms with E-state index in [1.165, 1.54) is 37.0 Å². The van der Waals surface area contributed by atoms with Crippen LogP contribution in [-0.4, -0.2) is 5.78 Å². The van der Waals surface area contributed by atoms with E-state index >= 15 is 0 Å². The Kier molecular flexibility index (Phi) is 4.58. The molecule has 2 rings (SSSR count). The fourth-order valence-corrected chi connectivity index (χ4v) is 3.22. The molecule has 16 heavy (non-hydrogen) atoms. The van der Waals surface area contributed by atoms with E-state index in [2.05, 4.69) is 11.4 Å². The number of rotatable bonds is 3. The molecule has 0 unspecified atom stereocenters. The number of thiophene rings is 1. The van der Waals surface area contributed by atoms with Crippen LogP contribution >= 0.6 is 11.3 Å². The van der Waals surface area contributed by atoms with E-state index in [-0.39, 0.29) is 0 Å². The number of ketones is 1. The summed E-state index contributed by atoms with van der Waals surface area (Å²) >= 11 is 1.70. The summed E-state index contributed by atoms with van der Waals surface area (Å²) in [6.07, 6.45) is 9.44. The standard InChI is InChI=1S/C14H20OS/c15-14(11-13-9-6-10-16-13)12-7-4-2-1-3-5-8-12/h6,9-10,12H,1-5,7-8,11H2. The van der Waals surface area contributed by atoms with Gasteiger partial charge in [-0.3, -0.25) is 4.79 Å². The van der Waals surface area contributed by atoms with Crippen molar-refractivity contribution in [3.8, 4) is 0 Å². The maximum absolute atomic E-state index is 12.1. The van der Waals surface area contributed by atoms with Gasteiger partial charge in [-0.2, -0.15) is 0 Å². The molecule has 0 spiro atoms. The van der Waals surface area contributed by atoms with Crippen LogP contribution in [0.3, 0.4) is 0 Å². The molecule has 0 N–H and O–H groups in total. The molecule has 0 aromatic carbocycles. The Morgan fingerprint density at radius 1 is 1.19 bits per heavy atom. The quantitative estimate of drug-likeness (QED) is 0.768. The Balaban J connectivity index is 1.87. The summed E-state index contributed by atoms with van der Waals surface area (Å²) in [5.74, 6) is 0.826. The zero-order valence-corrected chi connectivity index (χ0v) is 10.6. The molecular weight excluding hydrogens is 216 g/mol. The molecule has 88 valence electrons. The maximum Gasteiger partial charge on any atom is 0.141 e. The van der Waals surface area contributed by atoms with Gasteiger partial charge >= 0.3 is 0 Å². The Bertz CT molecular complexity index is 307. The third-order valence-corrected chi connectivity index (χ3v) is 4.37. The second-order valence-corrected chi connectivity index (χ2v) is 5.80. The minimum atomic E-state index is 0.349. The molecule has 1 saturated carbocycles. The van der Waals surface area contributed by atoms with E-state index in [9.17, 15) is 4.79 Å². The monoisotopic (exact) mass is 236 g/mol. The molecule has 1 aliphatic carbocycles. The highest BCUT2D eigenvalue weighted by Gasteiger charge is 2.19.